The van der Waals surface area contributed by atoms with Gasteiger partial charge in [-0.2, -0.15) is 0 Å². The summed E-state index contributed by atoms with van der Waals surface area (Å²) in [5.41, 5.74) is 1.30. The average molecular weight is 458 g/mol. The Bertz CT molecular complexity index is 952. The number of carbonyl (C=O) groups is 1. The van der Waals surface area contributed by atoms with Crippen molar-refractivity contribution in [1.29, 1.82) is 0 Å². The Labute approximate surface area is 193 Å². The van der Waals surface area contributed by atoms with Crippen LogP contribution in [0.4, 0.5) is 10.1 Å². The molecule has 0 spiro atoms. The number of halogens is 1. The summed E-state index contributed by atoms with van der Waals surface area (Å²) in [6, 6.07) is 13.4. The molecule has 2 aromatic rings. The number of morpholine rings is 1. The largest absolute Gasteiger partial charge is 0.496 e. The van der Waals surface area contributed by atoms with Crippen LogP contribution in [0.3, 0.4) is 0 Å². The van der Waals surface area contributed by atoms with Crippen molar-refractivity contribution in [3.05, 3.63) is 59.9 Å². The summed E-state index contributed by atoms with van der Waals surface area (Å²) >= 11 is 5.56. The summed E-state index contributed by atoms with van der Waals surface area (Å²) in [6.07, 6.45) is 2.15. The quantitative estimate of drug-likeness (QED) is 0.639. The first kappa shape index (κ1) is 22.5. The Balaban J connectivity index is 1.41. The number of rotatable bonds is 7. The van der Waals surface area contributed by atoms with Crippen molar-refractivity contribution in [3.8, 4) is 5.75 Å². The van der Waals surface area contributed by atoms with Gasteiger partial charge in [0, 0.05) is 31.9 Å². The third-order valence-corrected chi connectivity index (χ3v) is 6.11. The molecule has 32 heavy (non-hydrogen) atoms. The van der Waals surface area contributed by atoms with E-state index in [1.807, 2.05) is 21.9 Å². The zero-order valence-corrected chi connectivity index (χ0v) is 18.9. The summed E-state index contributed by atoms with van der Waals surface area (Å²) < 4.78 is 24.6. The molecule has 1 N–H and O–H groups in total. The van der Waals surface area contributed by atoms with Crippen LogP contribution in [-0.2, 0) is 4.74 Å². The van der Waals surface area contributed by atoms with E-state index < -0.39 is 0 Å². The van der Waals surface area contributed by atoms with Gasteiger partial charge in [0.1, 0.15) is 11.6 Å². The van der Waals surface area contributed by atoms with Crippen molar-refractivity contribution in [2.45, 2.75) is 18.9 Å². The maximum absolute atomic E-state index is 13.4. The molecule has 1 amide bonds. The second-order valence-corrected chi connectivity index (χ2v) is 8.62. The Morgan fingerprint density at radius 3 is 2.69 bits per heavy atom. The highest BCUT2D eigenvalue weighted by Crippen LogP contribution is 2.31. The first-order valence-electron chi connectivity index (χ1n) is 10.9. The molecule has 0 radical (unpaired) electrons. The topological polar surface area (TPSA) is 54.0 Å². The standard InChI is InChI=1S/C24H28FN3O3S/c1-30-22-5-3-2-4-21(22)23(29)28(14-17-6-7-17)16-20-15-27(12-13-31-20)24(32)26-19-10-8-18(25)9-11-19/h2-5,8-11,17,20H,6-7,12-16H2,1H3,(H,26,32). The number of amides is 1. The fourth-order valence-electron chi connectivity index (χ4n) is 3.84. The summed E-state index contributed by atoms with van der Waals surface area (Å²) in [5, 5.41) is 3.72. The molecule has 170 valence electrons. The number of hydrogen-bond acceptors (Lipinski definition) is 4. The predicted molar refractivity (Wildman–Crippen MR) is 126 cm³/mol. The van der Waals surface area contributed by atoms with Crippen LogP contribution < -0.4 is 10.1 Å². The Kier molecular flexibility index (Phi) is 7.22. The molecule has 1 atom stereocenters. The highest BCUT2D eigenvalue weighted by molar-refractivity contribution is 7.80. The minimum atomic E-state index is -0.289. The monoisotopic (exact) mass is 457 g/mol. The minimum absolute atomic E-state index is 0.0397. The fraction of sp³-hybridized carbons (Fsp3) is 0.417. The maximum atomic E-state index is 13.4. The van der Waals surface area contributed by atoms with Crippen molar-refractivity contribution >= 4 is 28.9 Å². The van der Waals surface area contributed by atoms with Crippen LogP contribution in [0.5, 0.6) is 5.75 Å². The number of thiocarbonyl (C=S) groups is 1. The summed E-state index contributed by atoms with van der Waals surface area (Å²) in [6.45, 7) is 2.97. The van der Waals surface area contributed by atoms with Gasteiger partial charge in [0.05, 0.1) is 25.4 Å². The first-order chi connectivity index (χ1) is 15.5. The van der Waals surface area contributed by atoms with Gasteiger partial charge in [-0.25, -0.2) is 4.39 Å². The summed E-state index contributed by atoms with van der Waals surface area (Å²) in [5.74, 6) is 0.800. The van der Waals surface area contributed by atoms with E-state index in [1.165, 1.54) is 12.1 Å². The number of anilines is 1. The van der Waals surface area contributed by atoms with Crippen molar-refractivity contribution in [3.63, 3.8) is 0 Å². The smallest absolute Gasteiger partial charge is 0.257 e. The molecule has 0 bridgehead atoms. The second kappa shape index (κ2) is 10.3. The fourth-order valence-corrected chi connectivity index (χ4v) is 4.12. The van der Waals surface area contributed by atoms with Gasteiger partial charge in [0.15, 0.2) is 5.11 Å². The molecule has 4 rings (SSSR count). The molecule has 1 saturated carbocycles. The lowest BCUT2D eigenvalue weighted by Gasteiger charge is -2.37. The van der Waals surface area contributed by atoms with Gasteiger partial charge in [0.2, 0.25) is 0 Å². The normalized spacial score (nSPS) is 18.2. The van der Waals surface area contributed by atoms with Gasteiger partial charge >= 0.3 is 0 Å². The SMILES string of the molecule is COc1ccccc1C(=O)N(CC1CC1)CC1CN(C(=S)Nc2ccc(F)cc2)CCO1. The molecule has 6 nitrogen and oxygen atoms in total. The number of nitrogens with one attached hydrogen (secondary N) is 1. The van der Waals surface area contributed by atoms with Crippen LogP contribution >= 0.6 is 12.2 Å². The van der Waals surface area contributed by atoms with E-state index >= 15 is 0 Å². The van der Waals surface area contributed by atoms with Crippen molar-refractivity contribution < 1.29 is 18.7 Å². The average Bonchev–Trinajstić information content (AvgIpc) is 3.64. The van der Waals surface area contributed by atoms with Crippen LogP contribution in [0, 0.1) is 11.7 Å². The van der Waals surface area contributed by atoms with E-state index in [0.717, 1.165) is 25.1 Å². The molecule has 8 heteroatoms. The Hall–Kier alpha value is -2.71. The number of para-hydroxylation sites is 1. The minimum Gasteiger partial charge on any atom is -0.496 e. The van der Waals surface area contributed by atoms with Gasteiger partial charge in [0.25, 0.3) is 5.91 Å². The molecule has 2 aromatic carbocycles. The first-order valence-corrected chi connectivity index (χ1v) is 11.3. The van der Waals surface area contributed by atoms with Crippen molar-refractivity contribution in [1.82, 2.24) is 9.80 Å². The number of carbonyl (C=O) groups excluding carboxylic acids is 1. The highest BCUT2D eigenvalue weighted by Gasteiger charge is 2.32. The van der Waals surface area contributed by atoms with Gasteiger partial charge in [-0.05, 0) is 67.4 Å². The van der Waals surface area contributed by atoms with Gasteiger partial charge < -0.3 is 24.6 Å². The third kappa shape index (κ3) is 5.75. The number of benzene rings is 2. The van der Waals surface area contributed by atoms with Gasteiger partial charge in [-0.1, -0.05) is 12.1 Å². The van der Waals surface area contributed by atoms with E-state index in [0.29, 0.717) is 48.6 Å². The molecule has 1 aliphatic carbocycles. The maximum Gasteiger partial charge on any atom is 0.257 e. The molecular weight excluding hydrogens is 429 g/mol. The summed E-state index contributed by atoms with van der Waals surface area (Å²) in [4.78, 5) is 17.3. The number of nitrogens with zero attached hydrogens (tertiary/aromatic N) is 2. The van der Waals surface area contributed by atoms with Crippen LogP contribution in [-0.4, -0.2) is 66.8 Å². The lowest BCUT2D eigenvalue weighted by Crippen LogP contribution is -2.51. The summed E-state index contributed by atoms with van der Waals surface area (Å²) in [7, 11) is 1.58. The number of hydrogen-bond donors (Lipinski definition) is 1. The lowest BCUT2D eigenvalue weighted by molar-refractivity contribution is -0.0209. The van der Waals surface area contributed by atoms with E-state index in [1.54, 1.807) is 31.4 Å². The third-order valence-electron chi connectivity index (χ3n) is 5.75. The Morgan fingerprint density at radius 1 is 1.22 bits per heavy atom. The van der Waals surface area contributed by atoms with Crippen LogP contribution in [0.15, 0.2) is 48.5 Å². The van der Waals surface area contributed by atoms with Crippen molar-refractivity contribution in [2.75, 3.05) is 45.2 Å². The van der Waals surface area contributed by atoms with Crippen LogP contribution in [0.1, 0.15) is 23.2 Å². The lowest BCUT2D eigenvalue weighted by atomic mass is 10.1. The molecular formula is C24H28FN3O3S. The molecule has 1 saturated heterocycles. The molecule has 0 aromatic heterocycles. The van der Waals surface area contributed by atoms with E-state index in [2.05, 4.69) is 5.32 Å². The van der Waals surface area contributed by atoms with E-state index in [9.17, 15) is 9.18 Å². The second-order valence-electron chi connectivity index (χ2n) is 8.23. The molecule has 2 aliphatic rings. The van der Waals surface area contributed by atoms with Crippen molar-refractivity contribution in [2.24, 2.45) is 5.92 Å². The zero-order valence-electron chi connectivity index (χ0n) is 18.1. The van der Waals surface area contributed by atoms with Crippen LogP contribution in [0.2, 0.25) is 0 Å². The van der Waals surface area contributed by atoms with Gasteiger partial charge in [-0.3, -0.25) is 4.79 Å². The van der Waals surface area contributed by atoms with E-state index in [-0.39, 0.29) is 17.8 Å². The predicted octanol–water partition coefficient (Wildman–Crippen LogP) is 3.78. The van der Waals surface area contributed by atoms with Crippen LogP contribution in [0.25, 0.3) is 0 Å². The zero-order chi connectivity index (χ0) is 22.5. The Morgan fingerprint density at radius 2 is 1.97 bits per heavy atom. The molecule has 1 unspecified atom stereocenters. The number of ether oxygens (including phenoxy) is 2. The molecule has 1 heterocycles. The van der Waals surface area contributed by atoms with Gasteiger partial charge in [-0.15, -0.1) is 0 Å². The highest BCUT2D eigenvalue weighted by atomic mass is 32.1. The van der Waals surface area contributed by atoms with E-state index in [4.69, 9.17) is 21.7 Å². The molecule has 2 fully saturated rings. The number of methoxy groups -OCH3 is 1. The molecule has 1 aliphatic heterocycles.